The summed E-state index contributed by atoms with van der Waals surface area (Å²) in [4.78, 5) is 0. The van der Waals surface area contributed by atoms with E-state index in [1.165, 1.54) is 5.56 Å². The van der Waals surface area contributed by atoms with Crippen LogP contribution in [0.3, 0.4) is 0 Å². The molecule has 4 heteroatoms. The van der Waals surface area contributed by atoms with Gasteiger partial charge in [-0.25, -0.2) is 0 Å². The highest BCUT2D eigenvalue weighted by molar-refractivity contribution is 9.10. The van der Waals surface area contributed by atoms with Gasteiger partial charge in [0.2, 0.25) is 0 Å². The van der Waals surface area contributed by atoms with Gasteiger partial charge in [0.15, 0.2) is 0 Å². The van der Waals surface area contributed by atoms with E-state index in [0.717, 1.165) is 26.0 Å². The van der Waals surface area contributed by atoms with Gasteiger partial charge in [0, 0.05) is 10.4 Å². The van der Waals surface area contributed by atoms with Crippen LogP contribution in [0.25, 0.3) is 0 Å². The first-order chi connectivity index (χ1) is 8.60. The lowest BCUT2D eigenvalue weighted by atomic mass is 10.2. The summed E-state index contributed by atoms with van der Waals surface area (Å²) in [5.41, 5.74) is 2.24. The zero-order valence-corrected chi connectivity index (χ0v) is 13.6. The van der Waals surface area contributed by atoms with E-state index in [2.05, 4.69) is 31.9 Å². The van der Waals surface area contributed by atoms with Crippen LogP contribution in [0.15, 0.2) is 45.3 Å². The van der Waals surface area contributed by atoms with Crippen LogP contribution in [0.2, 0.25) is 0 Å². The Balaban J connectivity index is 2.26. The Morgan fingerprint density at radius 3 is 2.44 bits per heavy atom. The van der Waals surface area contributed by atoms with Crippen molar-refractivity contribution < 1.29 is 4.74 Å². The smallest absolute Gasteiger partial charge is 0.141 e. The van der Waals surface area contributed by atoms with E-state index in [1.54, 1.807) is 0 Å². The van der Waals surface area contributed by atoms with Crippen molar-refractivity contribution in [1.82, 2.24) is 0 Å². The third kappa shape index (κ3) is 3.28. The molecule has 0 spiro atoms. The van der Waals surface area contributed by atoms with Gasteiger partial charge in [-0.1, -0.05) is 28.1 Å². The SMILES string of the molecule is Cc1ccc(Oc2ccc(CCl)c(Br)c2)c(Br)c1. The fourth-order valence-corrected chi connectivity index (χ4v) is 2.98. The second kappa shape index (κ2) is 6.09. The highest BCUT2D eigenvalue weighted by Crippen LogP contribution is 2.32. The fraction of sp³-hybridized carbons (Fsp3) is 0.143. The van der Waals surface area contributed by atoms with Crippen molar-refractivity contribution in [3.8, 4) is 11.5 Å². The average molecular weight is 391 g/mol. The number of aryl methyl sites for hydroxylation is 1. The third-order valence-corrected chi connectivity index (χ3v) is 4.13. The summed E-state index contributed by atoms with van der Waals surface area (Å²) >= 11 is 12.8. The molecule has 2 rings (SSSR count). The number of benzene rings is 2. The lowest BCUT2D eigenvalue weighted by Crippen LogP contribution is -1.88. The average Bonchev–Trinajstić information content (AvgIpc) is 2.33. The van der Waals surface area contributed by atoms with E-state index in [4.69, 9.17) is 16.3 Å². The van der Waals surface area contributed by atoms with Crippen LogP contribution < -0.4 is 4.74 Å². The molecule has 0 aromatic heterocycles. The van der Waals surface area contributed by atoms with Gasteiger partial charge in [-0.3, -0.25) is 0 Å². The van der Waals surface area contributed by atoms with E-state index < -0.39 is 0 Å². The van der Waals surface area contributed by atoms with Gasteiger partial charge >= 0.3 is 0 Å². The molecule has 0 N–H and O–H groups in total. The zero-order valence-electron chi connectivity index (χ0n) is 9.71. The number of hydrogen-bond donors (Lipinski definition) is 0. The number of alkyl halides is 1. The maximum absolute atomic E-state index is 5.82. The molecule has 0 bridgehead atoms. The summed E-state index contributed by atoms with van der Waals surface area (Å²) in [6.07, 6.45) is 0. The molecule has 0 radical (unpaired) electrons. The van der Waals surface area contributed by atoms with Crippen LogP contribution in [0.1, 0.15) is 11.1 Å². The molecule has 0 unspecified atom stereocenters. The summed E-state index contributed by atoms with van der Waals surface area (Å²) in [6, 6.07) is 11.8. The van der Waals surface area contributed by atoms with Gasteiger partial charge in [-0.15, -0.1) is 11.6 Å². The molecule has 0 heterocycles. The summed E-state index contributed by atoms with van der Waals surface area (Å²) in [6.45, 7) is 2.04. The predicted octanol–water partition coefficient (Wildman–Crippen LogP) is 6.05. The van der Waals surface area contributed by atoms with E-state index in [0.29, 0.717) is 5.88 Å². The number of hydrogen-bond acceptors (Lipinski definition) is 1. The summed E-state index contributed by atoms with van der Waals surface area (Å²) in [5, 5.41) is 0. The van der Waals surface area contributed by atoms with Crippen LogP contribution in [-0.2, 0) is 5.88 Å². The maximum Gasteiger partial charge on any atom is 0.141 e. The lowest BCUT2D eigenvalue weighted by Gasteiger charge is -2.10. The van der Waals surface area contributed by atoms with Crippen molar-refractivity contribution in [2.75, 3.05) is 0 Å². The largest absolute Gasteiger partial charge is 0.456 e. The molecule has 0 amide bonds. The van der Waals surface area contributed by atoms with Gasteiger partial charge in [-0.05, 0) is 58.2 Å². The molecule has 0 atom stereocenters. The van der Waals surface area contributed by atoms with E-state index in [1.807, 2.05) is 43.3 Å². The summed E-state index contributed by atoms with van der Waals surface area (Å²) < 4.78 is 7.73. The predicted molar refractivity (Wildman–Crippen MR) is 82.7 cm³/mol. The molecule has 2 aromatic rings. The Bertz CT molecular complexity index is 570. The zero-order chi connectivity index (χ0) is 13.1. The van der Waals surface area contributed by atoms with E-state index >= 15 is 0 Å². The molecule has 0 saturated carbocycles. The second-order valence-electron chi connectivity index (χ2n) is 3.92. The van der Waals surface area contributed by atoms with Gasteiger partial charge in [0.05, 0.1) is 4.47 Å². The van der Waals surface area contributed by atoms with Crippen molar-refractivity contribution in [2.24, 2.45) is 0 Å². The lowest BCUT2D eigenvalue weighted by molar-refractivity contribution is 0.479. The molecule has 2 aromatic carbocycles. The molecular weight excluding hydrogens is 379 g/mol. The molecule has 18 heavy (non-hydrogen) atoms. The number of ether oxygens (including phenoxy) is 1. The van der Waals surface area contributed by atoms with Gasteiger partial charge in [0.1, 0.15) is 11.5 Å². The Morgan fingerprint density at radius 1 is 1.06 bits per heavy atom. The number of halogens is 3. The fourth-order valence-electron chi connectivity index (χ4n) is 1.52. The first-order valence-electron chi connectivity index (χ1n) is 5.38. The van der Waals surface area contributed by atoms with Crippen molar-refractivity contribution in [1.29, 1.82) is 0 Å². The minimum atomic E-state index is 0.481. The Labute approximate surface area is 128 Å². The quantitative estimate of drug-likeness (QED) is 0.580. The minimum absolute atomic E-state index is 0.481. The van der Waals surface area contributed by atoms with Crippen molar-refractivity contribution >= 4 is 43.5 Å². The molecule has 0 aliphatic rings. The summed E-state index contributed by atoms with van der Waals surface area (Å²) in [5.74, 6) is 2.06. The molecule has 94 valence electrons. The van der Waals surface area contributed by atoms with Crippen LogP contribution in [0, 0.1) is 6.92 Å². The van der Waals surface area contributed by atoms with Gasteiger partial charge < -0.3 is 4.74 Å². The molecule has 1 nitrogen and oxygen atoms in total. The van der Waals surface area contributed by atoms with Crippen LogP contribution in [-0.4, -0.2) is 0 Å². The topological polar surface area (TPSA) is 9.23 Å². The molecule has 0 saturated heterocycles. The molecular formula is C14H11Br2ClO. The summed E-state index contributed by atoms with van der Waals surface area (Å²) in [7, 11) is 0. The van der Waals surface area contributed by atoms with Crippen molar-refractivity contribution in [2.45, 2.75) is 12.8 Å². The Morgan fingerprint density at radius 2 is 1.83 bits per heavy atom. The van der Waals surface area contributed by atoms with E-state index in [9.17, 15) is 0 Å². The number of rotatable bonds is 3. The van der Waals surface area contributed by atoms with Crippen LogP contribution in [0.5, 0.6) is 11.5 Å². The van der Waals surface area contributed by atoms with Gasteiger partial charge in [0.25, 0.3) is 0 Å². The van der Waals surface area contributed by atoms with Crippen molar-refractivity contribution in [3.05, 3.63) is 56.5 Å². The van der Waals surface area contributed by atoms with Gasteiger partial charge in [-0.2, -0.15) is 0 Å². The molecule has 0 aliphatic carbocycles. The Hall–Kier alpha value is -0.510. The van der Waals surface area contributed by atoms with E-state index in [-0.39, 0.29) is 0 Å². The normalized spacial score (nSPS) is 10.4. The monoisotopic (exact) mass is 388 g/mol. The second-order valence-corrected chi connectivity index (χ2v) is 5.90. The third-order valence-electron chi connectivity index (χ3n) is 2.48. The van der Waals surface area contributed by atoms with Crippen LogP contribution >= 0.6 is 43.5 Å². The highest BCUT2D eigenvalue weighted by Gasteiger charge is 2.05. The minimum Gasteiger partial charge on any atom is -0.456 e. The molecule has 0 fully saturated rings. The molecule has 0 aliphatic heterocycles. The Kier molecular flexibility index (Phi) is 4.71. The van der Waals surface area contributed by atoms with Crippen LogP contribution in [0.4, 0.5) is 0 Å². The standard InChI is InChI=1S/C14H11Br2ClO/c1-9-2-5-14(13(16)6-9)18-11-4-3-10(8-17)12(15)7-11/h2-7H,8H2,1H3. The first kappa shape index (κ1) is 13.9. The first-order valence-corrected chi connectivity index (χ1v) is 7.50. The van der Waals surface area contributed by atoms with Crippen molar-refractivity contribution in [3.63, 3.8) is 0 Å². The highest BCUT2D eigenvalue weighted by atomic mass is 79.9. The maximum atomic E-state index is 5.82.